The van der Waals surface area contributed by atoms with Crippen LogP contribution in [-0.4, -0.2) is 30.1 Å². The summed E-state index contributed by atoms with van der Waals surface area (Å²) < 4.78 is 4.57. The monoisotopic (exact) mass is 223 g/mol. The van der Waals surface area contributed by atoms with Crippen molar-refractivity contribution in [2.75, 3.05) is 19.5 Å². The maximum Gasteiger partial charge on any atom is 0.357 e. The van der Waals surface area contributed by atoms with Crippen molar-refractivity contribution in [2.24, 2.45) is 0 Å². The second-order valence-corrected chi connectivity index (χ2v) is 2.43. The first kappa shape index (κ1) is 14.1. The Balaban J connectivity index is 0.00000106. The number of carbonyl (C=O) groups excluding carboxylic acids is 1. The number of nitrogens with zero attached hydrogens (tertiary/aromatic N) is 2. The van der Waals surface area contributed by atoms with Crippen LogP contribution >= 0.6 is 0 Å². The molecule has 0 aromatic carbocycles. The van der Waals surface area contributed by atoms with Gasteiger partial charge in [-0.15, -0.1) is 0 Å². The summed E-state index contributed by atoms with van der Waals surface area (Å²) in [7, 11) is 3.01. The summed E-state index contributed by atoms with van der Waals surface area (Å²) in [5.74, 6) is 0.0502. The van der Waals surface area contributed by atoms with Crippen LogP contribution in [0.25, 0.3) is 6.08 Å². The van der Waals surface area contributed by atoms with E-state index < -0.39 is 5.97 Å². The largest absolute Gasteiger partial charge is 0.464 e. The third-order valence-corrected chi connectivity index (χ3v) is 1.70. The number of carbonyl (C=O) groups is 1. The van der Waals surface area contributed by atoms with Crippen LogP contribution in [0, 0.1) is 0 Å². The van der Waals surface area contributed by atoms with Gasteiger partial charge in [0.15, 0.2) is 5.69 Å². The van der Waals surface area contributed by atoms with Gasteiger partial charge in [0.2, 0.25) is 0 Å². The number of esters is 1. The predicted octanol–water partition coefficient (Wildman–Crippen LogP) is 1.97. The molecule has 1 aromatic rings. The van der Waals surface area contributed by atoms with Crippen molar-refractivity contribution in [3.8, 4) is 0 Å². The molecule has 88 valence electrons. The molecular formula is C11H17N3O2. The van der Waals surface area contributed by atoms with Crippen LogP contribution < -0.4 is 5.32 Å². The van der Waals surface area contributed by atoms with E-state index in [1.807, 2.05) is 13.8 Å². The van der Waals surface area contributed by atoms with E-state index in [0.29, 0.717) is 11.4 Å². The molecule has 0 unspecified atom stereocenters. The fraction of sp³-hybridized carbons (Fsp3) is 0.364. The van der Waals surface area contributed by atoms with Crippen LogP contribution in [0.2, 0.25) is 0 Å². The molecule has 16 heavy (non-hydrogen) atoms. The average Bonchev–Trinajstić information content (AvgIpc) is 2.38. The Morgan fingerprint density at radius 3 is 2.56 bits per heavy atom. The molecular weight excluding hydrogens is 206 g/mol. The molecule has 1 N–H and O–H groups in total. The number of hydrogen-bond donors (Lipinski definition) is 1. The van der Waals surface area contributed by atoms with Gasteiger partial charge >= 0.3 is 5.97 Å². The number of rotatable bonds is 3. The zero-order valence-corrected chi connectivity index (χ0v) is 10.1. The highest BCUT2D eigenvalue weighted by Crippen LogP contribution is 2.16. The molecule has 0 saturated heterocycles. The molecule has 0 aliphatic carbocycles. The Hall–Kier alpha value is -1.91. The van der Waals surface area contributed by atoms with Gasteiger partial charge in [0.25, 0.3) is 0 Å². The summed E-state index contributed by atoms with van der Waals surface area (Å²) in [6, 6.07) is 0. The maximum atomic E-state index is 11.3. The van der Waals surface area contributed by atoms with E-state index in [0.717, 1.165) is 0 Å². The first-order valence-electron chi connectivity index (χ1n) is 4.98. The summed E-state index contributed by atoms with van der Waals surface area (Å²) in [6.45, 7) is 7.59. The van der Waals surface area contributed by atoms with E-state index in [9.17, 15) is 4.79 Å². The van der Waals surface area contributed by atoms with Crippen LogP contribution in [0.5, 0.6) is 0 Å². The number of ether oxygens (including phenoxy) is 1. The van der Waals surface area contributed by atoms with Crippen LogP contribution in [-0.2, 0) is 4.74 Å². The Bertz CT molecular complexity index is 364. The maximum absolute atomic E-state index is 11.3. The molecule has 0 fully saturated rings. The zero-order chi connectivity index (χ0) is 12.6. The van der Waals surface area contributed by atoms with Crippen molar-refractivity contribution in [2.45, 2.75) is 13.8 Å². The molecule has 1 rings (SSSR count). The molecule has 5 heteroatoms. The lowest BCUT2D eigenvalue weighted by molar-refractivity contribution is 0.0593. The van der Waals surface area contributed by atoms with Gasteiger partial charge in [0.05, 0.1) is 7.11 Å². The van der Waals surface area contributed by atoms with Gasteiger partial charge in [0, 0.05) is 12.6 Å². The molecule has 0 aliphatic heterocycles. The van der Waals surface area contributed by atoms with Gasteiger partial charge < -0.3 is 10.1 Å². The smallest absolute Gasteiger partial charge is 0.357 e. The number of anilines is 1. The standard InChI is InChI=1S/C9H11N3O2.C2H6/c1-4-6-7(9(13)14-3)11-5-12-8(6)10-2;1-2/h4-5H,1H2,2-3H3,(H,10,11,12);1-2H3. The molecule has 0 aliphatic rings. The average molecular weight is 223 g/mol. The number of methoxy groups -OCH3 is 1. The van der Waals surface area contributed by atoms with E-state index in [2.05, 4.69) is 26.6 Å². The van der Waals surface area contributed by atoms with Gasteiger partial charge in [-0.25, -0.2) is 14.8 Å². The second kappa shape index (κ2) is 7.39. The minimum atomic E-state index is -0.501. The molecule has 1 heterocycles. The van der Waals surface area contributed by atoms with Crippen LogP contribution in [0.3, 0.4) is 0 Å². The van der Waals surface area contributed by atoms with E-state index in [-0.39, 0.29) is 5.69 Å². The molecule has 0 saturated carbocycles. The lowest BCUT2D eigenvalue weighted by Crippen LogP contribution is -2.09. The van der Waals surface area contributed by atoms with Crippen molar-refractivity contribution in [1.29, 1.82) is 0 Å². The van der Waals surface area contributed by atoms with E-state index in [4.69, 9.17) is 0 Å². The van der Waals surface area contributed by atoms with Crippen molar-refractivity contribution >= 4 is 17.9 Å². The van der Waals surface area contributed by atoms with Gasteiger partial charge in [-0.1, -0.05) is 26.5 Å². The molecule has 0 bridgehead atoms. The Morgan fingerprint density at radius 2 is 2.12 bits per heavy atom. The van der Waals surface area contributed by atoms with E-state index in [1.165, 1.54) is 19.5 Å². The summed E-state index contributed by atoms with van der Waals surface area (Å²) in [6.07, 6.45) is 2.81. The first-order chi connectivity index (χ1) is 7.74. The second-order valence-electron chi connectivity index (χ2n) is 2.43. The third kappa shape index (κ3) is 3.05. The Kier molecular flexibility index (Phi) is 6.51. The minimum absolute atomic E-state index is 0.210. The number of hydrogen-bond acceptors (Lipinski definition) is 5. The summed E-state index contributed by atoms with van der Waals surface area (Å²) in [5.41, 5.74) is 0.753. The molecule has 5 nitrogen and oxygen atoms in total. The molecule has 0 spiro atoms. The van der Waals surface area contributed by atoms with E-state index >= 15 is 0 Å². The molecule has 0 amide bonds. The van der Waals surface area contributed by atoms with Crippen LogP contribution in [0.15, 0.2) is 12.9 Å². The summed E-state index contributed by atoms with van der Waals surface area (Å²) in [4.78, 5) is 19.0. The quantitative estimate of drug-likeness (QED) is 0.794. The van der Waals surface area contributed by atoms with Crippen molar-refractivity contribution in [3.63, 3.8) is 0 Å². The zero-order valence-electron chi connectivity index (χ0n) is 10.1. The van der Waals surface area contributed by atoms with Gasteiger partial charge in [-0.2, -0.15) is 0 Å². The lowest BCUT2D eigenvalue weighted by atomic mass is 10.2. The Labute approximate surface area is 95.6 Å². The number of aromatic nitrogens is 2. The van der Waals surface area contributed by atoms with Crippen molar-refractivity contribution < 1.29 is 9.53 Å². The lowest BCUT2D eigenvalue weighted by Gasteiger charge is -2.06. The van der Waals surface area contributed by atoms with E-state index in [1.54, 1.807) is 7.05 Å². The molecule has 1 aromatic heterocycles. The van der Waals surface area contributed by atoms with Crippen molar-refractivity contribution in [1.82, 2.24) is 9.97 Å². The highest BCUT2D eigenvalue weighted by molar-refractivity contribution is 5.93. The normalized spacial score (nSPS) is 8.50. The molecule has 0 atom stereocenters. The third-order valence-electron chi connectivity index (χ3n) is 1.70. The topological polar surface area (TPSA) is 64.1 Å². The van der Waals surface area contributed by atoms with Gasteiger partial charge in [-0.3, -0.25) is 0 Å². The first-order valence-corrected chi connectivity index (χ1v) is 4.98. The Morgan fingerprint density at radius 1 is 1.50 bits per heavy atom. The van der Waals surface area contributed by atoms with Gasteiger partial charge in [-0.05, 0) is 0 Å². The van der Waals surface area contributed by atoms with Crippen LogP contribution in [0.1, 0.15) is 29.9 Å². The fourth-order valence-corrected chi connectivity index (χ4v) is 1.05. The van der Waals surface area contributed by atoms with Crippen LogP contribution in [0.4, 0.5) is 5.82 Å². The fourth-order valence-electron chi connectivity index (χ4n) is 1.05. The van der Waals surface area contributed by atoms with Gasteiger partial charge in [0.1, 0.15) is 12.1 Å². The SMILES string of the molecule is C=Cc1c(NC)ncnc1C(=O)OC.CC. The highest BCUT2D eigenvalue weighted by atomic mass is 16.5. The number of nitrogens with one attached hydrogen (secondary N) is 1. The summed E-state index contributed by atoms with van der Waals surface area (Å²) in [5, 5.41) is 2.84. The summed E-state index contributed by atoms with van der Waals surface area (Å²) >= 11 is 0. The molecule has 0 radical (unpaired) electrons. The van der Waals surface area contributed by atoms with Crippen molar-refractivity contribution in [3.05, 3.63) is 24.2 Å². The highest BCUT2D eigenvalue weighted by Gasteiger charge is 2.14. The predicted molar refractivity (Wildman–Crippen MR) is 64.4 cm³/mol. The minimum Gasteiger partial charge on any atom is -0.464 e.